The van der Waals surface area contributed by atoms with Crippen LogP contribution < -0.4 is 5.32 Å². The topological polar surface area (TPSA) is 38.3 Å². The minimum Gasteiger partial charge on any atom is -0.467 e. The van der Waals surface area contributed by atoms with Gasteiger partial charge in [-0.15, -0.1) is 0 Å². The molecule has 3 heteroatoms. The second-order valence-corrected chi connectivity index (χ2v) is 5.63. The van der Waals surface area contributed by atoms with E-state index in [-0.39, 0.29) is 11.4 Å². The van der Waals surface area contributed by atoms with Crippen LogP contribution in [0.3, 0.4) is 0 Å². The fraction of sp³-hybridized carbons (Fsp3) is 0.533. The average molecular weight is 247 g/mol. The van der Waals surface area contributed by atoms with E-state index in [0.29, 0.717) is 0 Å². The molecule has 1 atom stereocenters. The average Bonchev–Trinajstić information content (AvgIpc) is 2.66. The zero-order valence-corrected chi connectivity index (χ0v) is 11.3. The molecule has 1 N–H and O–H groups in total. The van der Waals surface area contributed by atoms with Crippen LogP contribution in [0.1, 0.15) is 33.1 Å². The van der Waals surface area contributed by atoms with Gasteiger partial charge >= 0.3 is 5.97 Å². The van der Waals surface area contributed by atoms with Crippen molar-refractivity contribution in [3.8, 4) is 0 Å². The summed E-state index contributed by atoms with van der Waals surface area (Å²) in [4.78, 5) is 12.3. The molecule has 0 bridgehead atoms. The highest BCUT2D eigenvalue weighted by molar-refractivity contribution is 5.86. The van der Waals surface area contributed by atoms with E-state index in [1.807, 2.05) is 30.3 Å². The third-order valence-electron chi connectivity index (χ3n) is 4.17. The Morgan fingerprint density at radius 1 is 1.22 bits per heavy atom. The number of carbonyl (C=O) groups is 1. The number of ether oxygens (including phenoxy) is 1. The third kappa shape index (κ3) is 1.98. The first-order valence-electron chi connectivity index (χ1n) is 6.43. The van der Waals surface area contributed by atoms with Gasteiger partial charge in [-0.2, -0.15) is 0 Å². The van der Waals surface area contributed by atoms with E-state index in [0.717, 1.165) is 24.9 Å². The summed E-state index contributed by atoms with van der Waals surface area (Å²) in [6.45, 7) is 4.26. The predicted octanol–water partition coefficient (Wildman–Crippen LogP) is 3.22. The Bertz CT molecular complexity index is 427. The Kier molecular flexibility index (Phi) is 3.33. The molecule has 0 radical (unpaired) electrons. The highest BCUT2D eigenvalue weighted by atomic mass is 16.5. The third-order valence-corrected chi connectivity index (χ3v) is 4.17. The summed E-state index contributed by atoms with van der Waals surface area (Å²) in [6, 6.07) is 9.87. The smallest absolute Gasteiger partial charge is 0.332 e. The number of esters is 1. The van der Waals surface area contributed by atoms with Gasteiger partial charge in [-0.05, 0) is 36.8 Å². The lowest BCUT2D eigenvalue weighted by molar-refractivity contribution is -0.149. The second kappa shape index (κ2) is 4.63. The zero-order chi connectivity index (χ0) is 13.2. The number of nitrogens with one attached hydrogen (secondary N) is 1. The number of para-hydroxylation sites is 1. The van der Waals surface area contributed by atoms with Gasteiger partial charge in [0.05, 0.1) is 7.11 Å². The van der Waals surface area contributed by atoms with Crippen molar-refractivity contribution in [2.24, 2.45) is 5.41 Å². The zero-order valence-electron chi connectivity index (χ0n) is 11.3. The Morgan fingerprint density at radius 3 is 2.39 bits per heavy atom. The normalized spacial score (nSPS) is 25.7. The molecule has 1 unspecified atom stereocenters. The molecule has 1 aromatic rings. The number of methoxy groups -OCH3 is 1. The summed E-state index contributed by atoms with van der Waals surface area (Å²) >= 11 is 0. The van der Waals surface area contributed by atoms with Crippen molar-refractivity contribution in [2.45, 2.75) is 38.6 Å². The summed E-state index contributed by atoms with van der Waals surface area (Å²) in [7, 11) is 1.46. The first kappa shape index (κ1) is 12.9. The van der Waals surface area contributed by atoms with Crippen LogP contribution in [0.4, 0.5) is 5.69 Å². The summed E-state index contributed by atoms with van der Waals surface area (Å²) in [5, 5.41) is 3.42. The molecular weight excluding hydrogens is 226 g/mol. The molecule has 0 aliphatic heterocycles. The van der Waals surface area contributed by atoms with Gasteiger partial charge in [-0.3, -0.25) is 0 Å². The van der Waals surface area contributed by atoms with Crippen LogP contribution >= 0.6 is 0 Å². The molecule has 0 aromatic heterocycles. The summed E-state index contributed by atoms with van der Waals surface area (Å²) in [6.07, 6.45) is 2.89. The molecule has 1 aliphatic carbocycles. The molecule has 1 aromatic carbocycles. The van der Waals surface area contributed by atoms with E-state index in [4.69, 9.17) is 4.74 Å². The van der Waals surface area contributed by atoms with Crippen LogP contribution in [0, 0.1) is 5.41 Å². The molecule has 0 heterocycles. The minimum absolute atomic E-state index is 0.101. The van der Waals surface area contributed by atoms with Gasteiger partial charge in [0.1, 0.15) is 5.54 Å². The maximum atomic E-state index is 12.3. The first-order chi connectivity index (χ1) is 8.52. The van der Waals surface area contributed by atoms with Crippen LogP contribution in [0.2, 0.25) is 0 Å². The van der Waals surface area contributed by atoms with Gasteiger partial charge in [0.2, 0.25) is 0 Å². The Balaban J connectivity index is 2.35. The van der Waals surface area contributed by atoms with E-state index in [1.165, 1.54) is 7.11 Å². The number of hydrogen-bond donors (Lipinski definition) is 1. The SMILES string of the molecule is COC(=O)C1(Nc2ccccc2)CCCC1(C)C. The molecule has 1 saturated carbocycles. The van der Waals surface area contributed by atoms with Gasteiger partial charge < -0.3 is 10.1 Å². The molecule has 1 aliphatic rings. The number of benzene rings is 1. The molecule has 0 saturated heterocycles. The molecule has 18 heavy (non-hydrogen) atoms. The van der Waals surface area contributed by atoms with Gasteiger partial charge in [0, 0.05) is 5.69 Å². The van der Waals surface area contributed by atoms with Crippen LogP contribution in [-0.4, -0.2) is 18.6 Å². The van der Waals surface area contributed by atoms with Gasteiger partial charge in [0.15, 0.2) is 0 Å². The summed E-state index contributed by atoms with van der Waals surface area (Å²) in [5.74, 6) is -0.158. The van der Waals surface area contributed by atoms with Crippen molar-refractivity contribution in [3.63, 3.8) is 0 Å². The summed E-state index contributed by atoms with van der Waals surface area (Å²) in [5.41, 5.74) is 0.261. The molecule has 3 nitrogen and oxygen atoms in total. The van der Waals surface area contributed by atoms with Crippen LogP contribution in [-0.2, 0) is 9.53 Å². The van der Waals surface area contributed by atoms with E-state index in [1.54, 1.807) is 0 Å². The van der Waals surface area contributed by atoms with Crippen molar-refractivity contribution >= 4 is 11.7 Å². The molecule has 0 spiro atoms. The minimum atomic E-state index is -0.608. The van der Waals surface area contributed by atoms with E-state index < -0.39 is 5.54 Å². The lowest BCUT2D eigenvalue weighted by Crippen LogP contribution is -2.54. The summed E-state index contributed by atoms with van der Waals surface area (Å²) < 4.78 is 5.04. The predicted molar refractivity (Wildman–Crippen MR) is 72.4 cm³/mol. The largest absolute Gasteiger partial charge is 0.467 e. The van der Waals surface area contributed by atoms with Gasteiger partial charge in [0.25, 0.3) is 0 Å². The van der Waals surface area contributed by atoms with E-state index >= 15 is 0 Å². The monoisotopic (exact) mass is 247 g/mol. The molecule has 98 valence electrons. The quantitative estimate of drug-likeness (QED) is 0.833. The Labute approximate surface area is 109 Å². The van der Waals surface area contributed by atoms with E-state index in [2.05, 4.69) is 19.2 Å². The highest BCUT2D eigenvalue weighted by Crippen LogP contribution is 2.48. The van der Waals surface area contributed by atoms with Crippen molar-refractivity contribution < 1.29 is 9.53 Å². The molecule has 1 fully saturated rings. The lowest BCUT2D eigenvalue weighted by Gasteiger charge is -2.40. The maximum absolute atomic E-state index is 12.3. The van der Waals surface area contributed by atoms with E-state index in [9.17, 15) is 4.79 Å². The maximum Gasteiger partial charge on any atom is 0.332 e. The van der Waals surface area contributed by atoms with Crippen molar-refractivity contribution in [1.29, 1.82) is 0 Å². The fourth-order valence-corrected chi connectivity index (χ4v) is 2.95. The number of anilines is 1. The lowest BCUT2D eigenvalue weighted by atomic mass is 9.74. The fourth-order valence-electron chi connectivity index (χ4n) is 2.95. The number of carbonyl (C=O) groups excluding carboxylic acids is 1. The highest BCUT2D eigenvalue weighted by Gasteiger charge is 2.55. The van der Waals surface area contributed by atoms with Crippen molar-refractivity contribution in [3.05, 3.63) is 30.3 Å². The Hall–Kier alpha value is -1.51. The van der Waals surface area contributed by atoms with Crippen LogP contribution in [0.15, 0.2) is 30.3 Å². The Morgan fingerprint density at radius 2 is 1.89 bits per heavy atom. The van der Waals surface area contributed by atoms with Gasteiger partial charge in [-0.1, -0.05) is 32.0 Å². The second-order valence-electron chi connectivity index (χ2n) is 5.63. The molecular formula is C15H21NO2. The van der Waals surface area contributed by atoms with Crippen molar-refractivity contribution in [2.75, 3.05) is 12.4 Å². The van der Waals surface area contributed by atoms with Crippen LogP contribution in [0.25, 0.3) is 0 Å². The van der Waals surface area contributed by atoms with Gasteiger partial charge in [-0.25, -0.2) is 4.79 Å². The van der Waals surface area contributed by atoms with Crippen LogP contribution in [0.5, 0.6) is 0 Å². The number of rotatable bonds is 3. The standard InChI is InChI=1S/C15H21NO2/c1-14(2)10-7-11-15(14,13(17)18-3)16-12-8-5-4-6-9-12/h4-6,8-9,16H,7,10-11H2,1-3H3. The van der Waals surface area contributed by atoms with Crippen molar-refractivity contribution in [1.82, 2.24) is 0 Å². The number of hydrogen-bond acceptors (Lipinski definition) is 3. The first-order valence-corrected chi connectivity index (χ1v) is 6.43. The molecule has 0 amide bonds. The molecule has 2 rings (SSSR count).